The van der Waals surface area contributed by atoms with E-state index < -0.39 is 23.5 Å². The number of primary amides is 1. The zero-order valence-corrected chi connectivity index (χ0v) is 17.0. The number of hydrogen-bond donors (Lipinski definition) is 3. The van der Waals surface area contributed by atoms with Crippen molar-refractivity contribution in [3.05, 3.63) is 53.3 Å². The highest BCUT2D eigenvalue weighted by Gasteiger charge is 2.42. The van der Waals surface area contributed by atoms with Crippen molar-refractivity contribution in [3.8, 4) is 17.5 Å². The Morgan fingerprint density at radius 2 is 2.13 bits per heavy atom. The Kier molecular flexibility index (Phi) is 4.97. The van der Waals surface area contributed by atoms with Crippen molar-refractivity contribution < 1.29 is 19.8 Å². The number of likely N-dealkylation sites (tertiary alicyclic amines) is 1. The molecular formula is C22H21N5O4. The van der Waals surface area contributed by atoms with Gasteiger partial charge >= 0.3 is 0 Å². The SMILES string of the molecule is CC(O)c1cc(C#CC2(O)CCN(C)C2=O)cc(-n2nc(C(N)=O)c3cccnc32)c1. The summed E-state index contributed by atoms with van der Waals surface area (Å²) in [5, 5.41) is 25.5. The Morgan fingerprint density at radius 3 is 2.77 bits per heavy atom. The van der Waals surface area contributed by atoms with E-state index in [1.54, 1.807) is 50.5 Å². The number of nitrogens with two attached hydrogens (primary N) is 1. The predicted molar refractivity (Wildman–Crippen MR) is 112 cm³/mol. The summed E-state index contributed by atoms with van der Waals surface area (Å²) in [7, 11) is 1.61. The van der Waals surface area contributed by atoms with Gasteiger partial charge in [0.25, 0.3) is 11.8 Å². The molecule has 2 aromatic heterocycles. The van der Waals surface area contributed by atoms with Gasteiger partial charge in [-0.1, -0.05) is 11.8 Å². The number of carbonyl (C=O) groups excluding carboxylic acids is 2. The number of carbonyl (C=O) groups is 2. The molecule has 2 atom stereocenters. The van der Waals surface area contributed by atoms with Gasteiger partial charge in [-0.2, -0.15) is 5.10 Å². The smallest absolute Gasteiger partial charge is 0.269 e. The monoisotopic (exact) mass is 419 g/mol. The molecule has 1 aliphatic rings. The van der Waals surface area contributed by atoms with Gasteiger partial charge in [0.15, 0.2) is 11.3 Å². The average molecular weight is 419 g/mol. The molecule has 3 heterocycles. The van der Waals surface area contributed by atoms with E-state index in [0.717, 1.165) is 0 Å². The van der Waals surface area contributed by atoms with Gasteiger partial charge in [0.05, 0.1) is 17.2 Å². The zero-order valence-electron chi connectivity index (χ0n) is 17.0. The third kappa shape index (κ3) is 3.63. The van der Waals surface area contributed by atoms with Gasteiger partial charge in [-0.15, -0.1) is 0 Å². The van der Waals surface area contributed by atoms with Crippen molar-refractivity contribution >= 4 is 22.8 Å². The van der Waals surface area contributed by atoms with Crippen LogP contribution in [0.25, 0.3) is 16.7 Å². The van der Waals surface area contributed by atoms with Crippen LogP contribution in [0.1, 0.15) is 41.1 Å². The second-order valence-corrected chi connectivity index (χ2v) is 7.58. The third-order valence-electron chi connectivity index (χ3n) is 5.27. The molecule has 4 N–H and O–H groups in total. The molecule has 3 aromatic rings. The molecule has 31 heavy (non-hydrogen) atoms. The number of aliphatic hydroxyl groups is 2. The quantitative estimate of drug-likeness (QED) is 0.530. The van der Waals surface area contributed by atoms with Crippen molar-refractivity contribution in [2.24, 2.45) is 5.73 Å². The van der Waals surface area contributed by atoms with Crippen LogP contribution in [0.2, 0.25) is 0 Å². The predicted octanol–water partition coefficient (Wildman–Crippen LogP) is 0.517. The number of pyridine rings is 1. The average Bonchev–Trinajstić information content (AvgIpc) is 3.26. The summed E-state index contributed by atoms with van der Waals surface area (Å²) >= 11 is 0. The molecule has 4 rings (SSSR count). The van der Waals surface area contributed by atoms with E-state index in [9.17, 15) is 19.8 Å². The van der Waals surface area contributed by atoms with E-state index in [1.807, 2.05) is 0 Å². The number of aromatic nitrogens is 3. The highest BCUT2D eigenvalue weighted by atomic mass is 16.3. The Morgan fingerprint density at radius 1 is 1.35 bits per heavy atom. The zero-order chi connectivity index (χ0) is 22.3. The van der Waals surface area contributed by atoms with Crippen LogP contribution in [0.15, 0.2) is 36.5 Å². The van der Waals surface area contributed by atoms with Crippen LogP contribution < -0.4 is 5.73 Å². The fraction of sp³-hybridized carbons (Fsp3) is 0.273. The first kappa shape index (κ1) is 20.5. The maximum absolute atomic E-state index is 12.2. The van der Waals surface area contributed by atoms with Gasteiger partial charge in [-0.25, -0.2) is 9.67 Å². The first-order valence-electron chi connectivity index (χ1n) is 9.68. The van der Waals surface area contributed by atoms with Crippen molar-refractivity contribution in [1.29, 1.82) is 0 Å². The van der Waals surface area contributed by atoms with Crippen LogP contribution in [0.4, 0.5) is 0 Å². The normalized spacial score (nSPS) is 19.4. The van der Waals surface area contributed by atoms with E-state index >= 15 is 0 Å². The lowest BCUT2D eigenvalue weighted by molar-refractivity contribution is -0.137. The lowest BCUT2D eigenvalue weighted by Gasteiger charge is -2.13. The first-order chi connectivity index (χ1) is 14.7. The van der Waals surface area contributed by atoms with Crippen molar-refractivity contribution in [2.75, 3.05) is 13.6 Å². The Labute approximate surface area is 178 Å². The standard InChI is InChI=1S/C22H21N5O4/c1-13(28)15-10-14(5-6-22(31)7-9-26(2)21(22)30)11-16(12-15)27-20-17(4-3-8-24-20)18(25-27)19(23)29/h3-4,8,10-13,28,31H,7,9H2,1-2H3,(H2,23,29). The summed E-state index contributed by atoms with van der Waals surface area (Å²) in [5.41, 5.74) is 5.73. The van der Waals surface area contributed by atoms with Crippen LogP contribution in [0, 0.1) is 11.8 Å². The van der Waals surface area contributed by atoms with Crippen LogP contribution in [0.5, 0.6) is 0 Å². The van der Waals surface area contributed by atoms with Gasteiger partial charge in [0.2, 0.25) is 5.60 Å². The van der Waals surface area contributed by atoms with Gasteiger partial charge < -0.3 is 20.8 Å². The maximum Gasteiger partial charge on any atom is 0.269 e. The number of likely N-dealkylation sites (N-methyl/N-ethyl adjacent to an activating group) is 1. The molecule has 1 saturated heterocycles. The van der Waals surface area contributed by atoms with E-state index in [-0.39, 0.29) is 12.1 Å². The van der Waals surface area contributed by atoms with Crippen LogP contribution >= 0.6 is 0 Å². The molecular weight excluding hydrogens is 398 g/mol. The van der Waals surface area contributed by atoms with Gasteiger partial charge in [0, 0.05) is 31.8 Å². The van der Waals surface area contributed by atoms with Crippen molar-refractivity contribution in [3.63, 3.8) is 0 Å². The minimum atomic E-state index is -1.74. The Balaban J connectivity index is 1.86. The third-order valence-corrected chi connectivity index (χ3v) is 5.27. The highest BCUT2D eigenvalue weighted by molar-refractivity contribution is 6.03. The minimum absolute atomic E-state index is 0.0760. The summed E-state index contributed by atoms with van der Waals surface area (Å²) in [6.07, 6.45) is 0.976. The molecule has 0 radical (unpaired) electrons. The lowest BCUT2D eigenvalue weighted by atomic mass is 10.0. The van der Waals surface area contributed by atoms with Crippen LogP contribution in [-0.2, 0) is 4.79 Å². The fourth-order valence-corrected chi connectivity index (χ4v) is 3.53. The molecule has 158 valence electrons. The number of amides is 2. The van der Waals surface area contributed by atoms with Gasteiger partial charge in [-0.05, 0) is 42.8 Å². The molecule has 1 aliphatic heterocycles. The topological polar surface area (TPSA) is 135 Å². The second kappa shape index (κ2) is 7.50. The molecule has 1 fully saturated rings. The number of rotatable bonds is 3. The van der Waals surface area contributed by atoms with Gasteiger partial charge in [-0.3, -0.25) is 9.59 Å². The molecule has 9 nitrogen and oxygen atoms in total. The summed E-state index contributed by atoms with van der Waals surface area (Å²) in [6, 6.07) is 8.42. The van der Waals surface area contributed by atoms with Crippen molar-refractivity contribution in [2.45, 2.75) is 25.0 Å². The van der Waals surface area contributed by atoms with E-state index in [0.29, 0.717) is 34.4 Å². The summed E-state index contributed by atoms with van der Waals surface area (Å²) in [5.74, 6) is 4.39. The fourth-order valence-electron chi connectivity index (χ4n) is 3.53. The molecule has 2 unspecified atom stereocenters. The minimum Gasteiger partial charge on any atom is -0.389 e. The largest absolute Gasteiger partial charge is 0.389 e. The molecule has 0 aliphatic carbocycles. The molecule has 0 spiro atoms. The number of benzene rings is 1. The Hall–Kier alpha value is -3.74. The molecule has 0 saturated carbocycles. The lowest BCUT2D eigenvalue weighted by Crippen LogP contribution is -2.37. The molecule has 0 bridgehead atoms. The number of hydrogen-bond acceptors (Lipinski definition) is 6. The molecule has 9 heteroatoms. The van der Waals surface area contributed by atoms with Crippen LogP contribution in [-0.4, -0.2) is 60.9 Å². The first-order valence-corrected chi connectivity index (χ1v) is 9.68. The second-order valence-electron chi connectivity index (χ2n) is 7.58. The molecule has 2 amide bonds. The number of aliphatic hydroxyl groups excluding tert-OH is 1. The number of nitrogens with zero attached hydrogens (tertiary/aromatic N) is 4. The van der Waals surface area contributed by atoms with Gasteiger partial charge in [0.1, 0.15) is 0 Å². The van der Waals surface area contributed by atoms with E-state index in [4.69, 9.17) is 5.73 Å². The molecule has 1 aromatic carbocycles. The van der Waals surface area contributed by atoms with E-state index in [2.05, 4.69) is 21.9 Å². The summed E-state index contributed by atoms with van der Waals surface area (Å²) < 4.78 is 1.45. The number of fused-ring (bicyclic) bond motifs is 1. The highest BCUT2D eigenvalue weighted by Crippen LogP contribution is 2.25. The summed E-state index contributed by atoms with van der Waals surface area (Å²) in [4.78, 5) is 29.8. The Bertz CT molecular complexity index is 1270. The van der Waals surface area contributed by atoms with Crippen LogP contribution in [0.3, 0.4) is 0 Å². The van der Waals surface area contributed by atoms with Crippen molar-refractivity contribution in [1.82, 2.24) is 19.7 Å². The van der Waals surface area contributed by atoms with E-state index in [1.165, 1.54) is 9.58 Å². The summed E-state index contributed by atoms with van der Waals surface area (Å²) in [6.45, 7) is 2.03. The maximum atomic E-state index is 12.2.